The number of para-hydroxylation sites is 1. The number of nitrogens with one attached hydrogen (secondary N) is 1. The van der Waals surface area contributed by atoms with Crippen molar-refractivity contribution in [3.8, 4) is 0 Å². The predicted octanol–water partition coefficient (Wildman–Crippen LogP) is 3.52. The van der Waals surface area contributed by atoms with Crippen LogP contribution in [0.3, 0.4) is 0 Å². The molecule has 1 heterocycles. The van der Waals surface area contributed by atoms with Crippen molar-refractivity contribution in [3.63, 3.8) is 0 Å². The first kappa shape index (κ1) is 12.4. The van der Waals surface area contributed by atoms with Gasteiger partial charge in [-0.2, -0.15) is 0 Å². The van der Waals surface area contributed by atoms with Crippen molar-refractivity contribution in [2.45, 2.75) is 31.8 Å². The molecule has 1 aromatic carbocycles. The van der Waals surface area contributed by atoms with Crippen molar-refractivity contribution in [1.29, 1.82) is 0 Å². The quantitative estimate of drug-likeness (QED) is 0.908. The molecule has 1 saturated carbocycles. The number of ether oxygens (including phenoxy) is 1. The molecule has 0 unspecified atom stereocenters. The van der Waals surface area contributed by atoms with Gasteiger partial charge in [-0.05, 0) is 43.9 Å². The summed E-state index contributed by atoms with van der Waals surface area (Å²) in [7, 11) is 1.81. The smallest absolute Gasteiger partial charge is 0.129 e. The maximum Gasteiger partial charge on any atom is 0.129 e. The van der Waals surface area contributed by atoms with Crippen LogP contribution >= 0.6 is 0 Å². The van der Waals surface area contributed by atoms with Crippen LogP contribution in [-0.4, -0.2) is 24.2 Å². The molecule has 0 spiro atoms. The monoisotopic (exact) mass is 256 g/mol. The Labute approximate surface area is 114 Å². The van der Waals surface area contributed by atoms with Gasteiger partial charge in [0.15, 0.2) is 0 Å². The molecule has 100 valence electrons. The summed E-state index contributed by atoms with van der Waals surface area (Å²) in [4.78, 5) is 4.70. The van der Waals surface area contributed by atoms with E-state index in [0.29, 0.717) is 0 Å². The number of anilines is 1. The second-order valence-corrected chi connectivity index (χ2v) is 5.44. The molecular weight excluding hydrogens is 236 g/mol. The molecule has 0 radical (unpaired) electrons. The second kappa shape index (κ2) is 4.82. The summed E-state index contributed by atoms with van der Waals surface area (Å²) in [5, 5.41) is 4.65. The minimum atomic E-state index is 0.0275. The number of hydrogen-bond acceptors (Lipinski definition) is 3. The van der Waals surface area contributed by atoms with Crippen LogP contribution < -0.4 is 5.32 Å². The lowest BCUT2D eigenvalue weighted by Crippen LogP contribution is -2.45. The molecule has 0 amide bonds. The summed E-state index contributed by atoms with van der Waals surface area (Å²) in [5.74, 6) is 0.974. The summed E-state index contributed by atoms with van der Waals surface area (Å²) in [6.07, 6.45) is 3.55. The summed E-state index contributed by atoms with van der Waals surface area (Å²) < 4.78 is 5.63. The summed E-state index contributed by atoms with van der Waals surface area (Å²) in [6, 6.07) is 10.4. The topological polar surface area (TPSA) is 34.1 Å². The minimum absolute atomic E-state index is 0.0275. The molecule has 0 bridgehead atoms. The fraction of sp³-hybridized carbons (Fsp3) is 0.438. The Morgan fingerprint density at radius 3 is 2.79 bits per heavy atom. The number of fused-ring (bicyclic) bond motifs is 1. The van der Waals surface area contributed by atoms with E-state index in [0.717, 1.165) is 30.7 Å². The molecule has 3 rings (SSSR count). The zero-order valence-corrected chi connectivity index (χ0v) is 11.6. The van der Waals surface area contributed by atoms with Crippen LogP contribution in [-0.2, 0) is 4.74 Å². The molecule has 0 saturated heterocycles. The Balaban J connectivity index is 1.82. The van der Waals surface area contributed by atoms with Gasteiger partial charge in [0.05, 0.1) is 11.1 Å². The van der Waals surface area contributed by atoms with Crippen molar-refractivity contribution in [2.75, 3.05) is 19.0 Å². The normalized spacial score (nSPS) is 17.2. The van der Waals surface area contributed by atoms with Crippen molar-refractivity contribution in [1.82, 2.24) is 4.98 Å². The molecular formula is C16H20N2O. The van der Waals surface area contributed by atoms with Gasteiger partial charge < -0.3 is 10.1 Å². The summed E-state index contributed by atoms with van der Waals surface area (Å²) in [6.45, 7) is 2.94. The Morgan fingerprint density at radius 1 is 1.32 bits per heavy atom. The van der Waals surface area contributed by atoms with Crippen LogP contribution in [0.15, 0.2) is 30.3 Å². The molecule has 1 aromatic heterocycles. The highest BCUT2D eigenvalue weighted by Gasteiger charge is 2.36. The number of nitrogens with zero attached hydrogens (tertiary/aromatic N) is 1. The zero-order chi connectivity index (χ0) is 13.3. The first-order chi connectivity index (χ1) is 9.22. The van der Waals surface area contributed by atoms with E-state index < -0.39 is 0 Å². The van der Waals surface area contributed by atoms with Gasteiger partial charge >= 0.3 is 0 Å². The van der Waals surface area contributed by atoms with E-state index in [1.54, 1.807) is 0 Å². The average molecular weight is 256 g/mol. The van der Waals surface area contributed by atoms with Crippen molar-refractivity contribution < 1.29 is 4.74 Å². The van der Waals surface area contributed by atoms with Crippen LogP contribution in [0.4, 0.5) is 5.82 Å². The number of aryl methyl sites for hydroxylation is 1. The van der Waals surface area contributed by atoms with Gasteiger partial charge in [0, 0.05) is 19.0 Å². The molecule has 3 nitrogen and oxygen atoms in total. The minimum Gasteiger partial charge on any atom is -0.376 e. The number of hydrogen-bond donors (Lipinski definition) is 1. The highest BCUT2D eigenvalue weighted by Crippen LogP contribution is 2.35. The molecule has 1 aliphatic carbocycles. The van der Waals surface area contributed by atoms with E-state index in [4.69, 9.17) is 9.72 Å². The largest absolute Gasteiger partial charge is 0.376 e. The predicted molar refractivity (Wildman–Crippen MR) is 78.6 cm³/mol. The van der Waals surface area contributed by atoms with Gasteiger partial charge in [0.25, 0.3) is 0 Å². The van der Waals surface area contributed by atoms with Crippen LogP contribution in [0.25, 0.3) is 10.9 Å². The van der Waals surface area contributed by atoms with Gasteiger partial charge in [-0.15, -0.1) is 0 Å². The fourth-order valence-electron chi connectivity index (χ4n) is 2.67. The summed E-state index contributed by atoms with van der Waals surface area (Å²) >= 11 is 0. The molecule has 1 N–H and O–H groups in total. The highest BCUT2D eigenvalue weighted by atomic mass is 16.5. The molecule has 1 fully saturated rings. The molecule has 19 heavy (non-hydrogen) atoms. The Bertz CT molecular complexity index is 585. The van der Waals surface area contributed by atoms with Crippen LogP contribution in [0.5, 0.6) is 0 Å². The molecule has 2 aromatic rings. The van der Waals surface area contributed by atoms with Gasteiger partial charge in [0.1, 0.15) is 5.82 Å². The number of rotatable bonds is 4. The fourth-order valence-corrected chi connectivity index (χ4v) is 2.67. The highest BCUT2D eigenvalue weighted by molar-refractivity contribution is 5.81. The lowest BCUT2D eigenvalue weighted by Gasteiger charge is -2.40. The average Bonchev–Trinajstić information content (AvgIpc) is 2.38. The first-order valence-electron chi connectivity index (χ1n) is 6.88. The van der Waals surface area contributed by atoms with Crippen molar-refractivity contribution in [2.24, 2.45) is 0 Å². The van der Waals surface area contributed by atoms with Gasteiger partial charge in [0.2, 0.25) is 0 Å². The molecule has 1 aliphatic rings. The maximum absolute atomic E-state index is 5.63. The number of pyridine rings is 1. The molecule has 0 atom stereocenters. The Morgan fingerprint density at radius 2 is 2.11 bits per heavy atom. The number of aromatic nitrogens is 1. The lowest BCUT2D eigenvalue weighted by molar-refractivity contribution is -0.0601. The third kappa shape index (κ3) is 2.30. The van der Waals surface area contributed by atoms with Crippen LogP contribution in [0, 0.1) is 6.92 Å². The van der Waals surface area contributed by atoms with Gasteiger partial charge in [-0.1, -0.05) is 18.2 Å². The second-order valence-electron chi connectivity index (χ2n) is 5.44. The standard InChI is InChI=1S/C16H20N2O/c1-12-10-13-6-3-4-7-14(13)18-15(12)17-11-16(19-2)8-5-9-16/h3-4,6-7,10H,5,8-9,11H2,1-2H3,(H,17,18). The van der Waals surface area contributed by atoms with E-state index in [-0.39, 0.29) is 5.60 Å². The maximum atomic E-state index is 5.63. The third-order valence-electron chi connectivity index (χ3n) is 4.19. The Hall–Kier alpha value is -1.61. The number of methoxy groups -OCH3 is 1. The van der Waals surface area contributed by atoms with Gasteiger partial charge in [-0.3, -0.25) is 0 Å². The molecule has 3 heteroatoms. The number of benzene rings is 1. The van der Waals surface area contributed by atoms with E-state index >= 15 is 0 Å². The van der Waals surface area contributed by atoms with Crippen LogP contribution in [0.1, 0.15) is 24.8 Å². The molecule has 0 aliphatic heterocycles. The van der Waals surface area contributed by atoms with E-state index in [1.807, 2.05) is 19.2 Å². The SMILES string of the molecule is COC1(CNc2nc3ccccc3cc2C)CCC1. The third-order valence-corrected chi connectivity index (χ3v) is 4.19. The van der Waals surface area contributed by atoms with Gasteiger partial charge in [-0.25, -0.2) is 4.98 Å². The van der Waals surface area contributed by atoms with E-state index in [9.17, 15) is 0 Å². The van der Waals surface area contributed by atoms with E-state index in [1.165, 1.54) is 17.4 Å². The lowest BCUT2D eigenvalue weighted by atomic mass is 9.80. The van der Waals surface area contributed by atoms with Crippen molar-refractivity contribution in [3.05, 3.63) is 35.9 Å². The Kier molecular flexibility index (Phi) is 3.15. The first-order valence-corrected chi connectivity index (χ1v) is 6.88. The summed E-state index contributed by atoms with van der Waals surface area (Å²) in [5.41, 5.74) is 2.25. The van der Waals surface area contributed by atoms with Crippen molar-refractivity contribution >= 4 is 16.7 Å². The van der Waals surface area contributed by atoms with Crippen LogP contribution in [0.2, 0.25) is 0 Å². The van der Waals surface area contributed by atoms with E-state index in [2.05, 4.69) is 30.4 Å². The zero-order valence-electron chi connectivity index (χ0n) is 11.6.